The average molecular weight is 560 g/mol. The molecule has 2 fully saturated rings. The molecule has 1 aromatic rings. The highest BCUT2D eigenvalue weighted by molar-refractivity contribution is 9.10. The van der Waals surface area contributed by atoms with E-state index < -0.39 is 0 Å². The summed E-state index contributed by atoms with van der Waals surface area (Å²) in [5, 5.41) is 0. The molecule has 0 bridgehead atoms. The zero-order valence-electron chi connectivity index (χ0n) is 18.6. The topological polar surface area (TPSA) is 77.5 Å². The average Bonchev–Trinajstić information content (AvgIpc) is 3.06. The van der Waals surface area contributed by atoms with Crippen molar-refractivity contribution in [3.8, 4) is 11.5 Å². The monoisotopic (exact) mass is 558 g/mol. The number of thioether (sulfide) groups is 1. The SMILES string of the molecule is CCOc1cc(/C=C2\SC(=S)N(CCCOC)C2=O)cc(Br)c1OCC(=O)N1CCOCC1. The van der Waals surface area contributed by atoms with E-state index in [9.17, 15) is 9.59 Å². The molecule has 0 N–H and O–H groups in total. The molecule has 180 valence electrons. The predicted molar refractivity (Wildman–Crippen MR) is 135 cm³/mol. The third-order valence-corrected chi connectivity index (χ3v) is 6.90. The number of amides is 2. The Morgan fingerprint density at radius 2 is 2.06 bits per heavy atom. The van der Waals surface area contributed by atoms with Crippen LogP contribution in [0, 0.1) is 0 Å². The number of methoxy groups -OCH3 is 1. The van der Waals surface area contributed by atoms with Crippen molar-refractivity contribution in [3.05, 3.63) is 27.1 Å². The summed E-state index contributed by atoms with van der Waals surface area (Å²) < 4.78 is 23.1. The number of nitrogens with zero attached hydrogens (tertiary/aromatic N) is 2. The van der Waals surface area contributed by atoms with E-state index in [-0.39, 0.29) is 18.4 Å². The first-order valence-electron chi connectivity index (χ1n) is 10.6. The fraction of sp³-hybridized carbons (Fsp3) is 0.500. The Bertz CT molecular complexity index is 920. The minimum atomic E-state index is -0.119. The number of hydrogen-bond acceptors (Lipinski definition) is 8. The van der Waals surface area contributed by atoms with Gasteiger partial charge in [-0.2, -0.15) is 0 Å². The molecule has 8 nitrogen and oxygen atoms in total. The summed E-state index contributed by atoms with van der Waals surface area (Å²) in [6.45, 7) is 5.47. The van der Waals surface area contributed by atoms with Gasteiger partial charge in [0.2, 0.25) is 0 Å². The van der Waals surface area contributed by atoms with Gasteiger partial charge in [-0.3, -0.25) is 14.5 Å². The summed E-state index contributed by atoms with van der Waals surface area (Å²) in [6, 6.07) is 3.62. The highest BCUT2D eigenvalue weighted by Gasteiger charge is 2.31. The standard InChI is InChI=1S/C22H27BrN2O6S2/c1-3-30-17-12-15(13-18-21(27)25(22(32)33-18)5-4-8-28-2)11-16(23)20(17)31-14-19(26)24-6-9-29-10-7-24/h11-13H,3-10,14H2,1-2H3/b18-13-. The Morgan fingerprint density at radius 1 is 1.30 bits per heavy atom. The number of benzene rings is 1. The largest absolute Gasteiger partial charge is 0.490 e. The van der Waals surface area contributed by atoms with Crippen LogP contribution < -0.4 is 9.47 Å². The summed E-state index contributed by atoms with van der Waals surface area (Å²) in [6.07, 6.45) is 2.50. The summed E-state index contributed by atoms with van der Waals surface area (Å²) in [7, 11) is 1.63. The summed E-state index contributed by atoms with van der Waals surface area (Å²) in [5.41, 5.74) is 0.759. The first-order chi connectivity index (χ1) is 15.9. The van der Waals surface area contributed by atoms with Crippen LogP contribution in [-0.2, 0) is 19.1 Å². The van der Waals surface area contributed by atoms with Crippen LogP contribution in [0.15, 0.2) is 21.5 Å². The van der Waals surface area contributed by atoms with Crippen molar-refractivity contribution < 1.29 is 28.5 Å². The molecule has 2 saturated heterocycles. The number of carbonyl (C=O) groups is 2. The molecule has 0 saturated carbocycles. The van der Waals surface area contributed by atoms with Crippen LogP contribution in [0.5, 0.6) is 11.5 Å². The molecule has 3 rings (SSSR count). The highest BCUT2D eigenvalue weighted by atomic mass is 79.9. The molecule has 0 aliphatic carbocycles. The van der Waals surface area contributed by atoms with Crippen molar-refractivity contribution in [3.63, 3.8) is 0 Å². The fourth-order valence-corrected chi connectivity index (χ4v) is 5.21. The van der Waals surface area contributed by atoms with Crippen molar-refractivity contribution in [2.45, 2.75) is 13.3 Å². The molecular weight excluding hydrogens is 532 g/mol. The lowest BCUT2D eigenvalue weighted by atomic mass is 10.1. The molecule has 0 spiro atoms. The van der Waals surface area contributed by atoms with Gasteiger partial charge in [-0.1, -0.05) is 24.0 Å². The van der Waals surface area contributed by atoms with Crippen LogP contribution in [0.3, 0.4) is 0 Å². The summed E-state index contributed by atoms with van der Waals surface area (Å²) in [5.74, 6) is 0.715. The van der Waals surface area contributed by atoms with Crippen molar-refractivity contribution in [1.82, 2.24) is 9.80 Å². The van der Waals surface area contributed by atoms with Crippen LogP contribution in [0.25, 0.3) is 6.08 Å². The zero-order chi connectivity index (χ0) is 23.8. The molecule has 1 aromatic carbocycles. The van der Waals surface area contributed by atoms with E-state index >= 15 is 0 Å². The minimum absolute atomic E-state index is 0.0991. The quantitative estimate of drug-likeness (QED) is 0.246. The normalized spacial score (nSPS) is 17.7. The van der Waals surface area contributed by atoms with Crippen molar-refractivity contribution in [2.24, 2.45) is 0 Å². The maximum absolute atomic E-state index is 12.8. The number of hydrogen-bond donors (Lipinski definition) is 0. The molecule has 11 heteroatoms. The van der Waals surface area contributed by atoms with Crippen molar-refractivity contribution >= 4 is 62.1 Å². The van der Waals surface area contributed by atoms with Crippen LogP contribution in [0.4, 0.5) is 0 Å². The van der Waals surface area contributed by atoms with Crippen molar-refractivity contribution in [1.29, 1.82) is 0 Å². The molecule has 0 unspecified atom stereocenters. The maximum atomic E-state index is 12.8. The number of morpholine rings is 1. The minimum Gasteiger partial charge on any atom is -0.490 e. The second-order valence-electron chi connectivity index (χ2n) is 7.22. The van der Waals surface area contributed by atoms with Gasteiger partial charge in [0, 0.05) is 33.4 Å². The Hall–Kier alpha value is -1.66. The van der Waals surface area contributed by atoms with Crippen molar-refractivity contribution in [2.75, 3.05) is 59.8 Å². The van der Waals surface area contributed by atoms with Gasteiger partial charge < -0.3 is 23.8 Å². The lowest BCUT2D eigenvalue weighted by Gasteiger charge is -2.27. The Labute approximate surface area is 211 Å². The van der Waals surface area contributed by atoms with Gasteiger partial charge in [0.25, 0.3) is 11.8 Å². The molecule has 0 aromatic heterocycles. The summed E-state index contributed by atoms with van der Waals surface area (Å²) in [4.78, 5) is 29.1. The van der Waals surface area contributed by atoms with E-state index in [0.717, 1.165) is 5.56 Å². The van der Waals surface area contributed by atoms with Gasteiger partial charge in [0.05, 0.1) is 29.2 Å². The fourth-order valence-electron chi connectivity index (χ4n) is 3.32. The lowest BCUT2D eigenvalue weighted by Crippen LogP contribution is -2.43. The van der Waals surface area contributed by atoms with Crippen LogP contribution in [-0.4, -0.2) is 85.7 Å². The number of halogens is 1. The second kappa shape index (κ2) is 12.7. The van der Waals surface area contributed by atoms with Gasteiger partial charge in [0.15, 0.2) is 18.1 Å². The third kappa shape index (κ3) is 6.92. The third-order valence-electron chi connectivity index (χ3n) is 4.94. The molecule has 2 amide bonds. The number of rotatable bonds is 10. The smallest absolute Gasteiger partial charge is 0.266 e. The molecule has 2 aliphatic rings. The Balaban J connectivity index is 1.74. The molecule has 33 heavy (non-hydrogen) atoms. The first kappa shape index (κ1) is 26.0. The number of thiocarbonyl (C=S) groups is 1. The van der Waals surface area contributed by atoms with E-state index in [4.69, 9.17) is 31.2 Å². The van der Waals surface area contributed by atoms with E-state index in [1.54, 1.807) is 29.1 Å². The van der Waals surface area contributed by atoms with Crippen LogP contribution in [0.2, 0.25) is 0 Å². The van der Waals surface area contributed by atoms with Gasteiger partial charge in [-0.25, -0.2) is 0 Å². The van der Waals surface area contributed by atoms with E-state index in [1.807, 2.05) is 13.0 Å². The Morgan fingerprint density at radius 3 is 2.76 bits per heavy atom. The second-order valence-corrected chi connectivity index (χ2v) is 9.75. The van der Waals surface area contributed by atoms with Crippen LogP contribution in [0.1, 0.15) is 18.9 Å². The Kier molecular flexibility index (Phi) is 9.99. The highest BCUT2D eigenvalue weighted by Crippen LogP contribution is 2.39. The van der Waals surface area contributed by atoms with Gasteiger partial charge in [0.1, 0.15) is 4.32 Å². The van der Waals surface area contributed by atoms with E-state index in [0.29, 0.717) is 77.7 Å². The van der Waals surface area contributed by atoms with Gasteiger partial charge >= 0.3 is 0 Å². The van der Waals surface area contributed by atoms with Gasteiger partial charge in [-0.15, -0.1) is 0 Å². The number of ether oxygens (including phenoxy) is 4. The lowest BCUT2D eigenvalue weighted by molar-refractivity contribution is -0.137. The number of carbonyl (C=O) groups excluding carboxylic acids is 2. The molecule has 0 radical (unpaired) electrons. The molecule has 2 aliphatic heterocycles. The zero-order valence-corrected chi connectivity index (χ0v) is 21.9. The summed E-state index contributed by atoms with van der Waals surface area (Å²) >= 11 is 10.2. The van der Waals surface area contributed by atoms with E-state index in [1.165, 1.54) is 11.8 Å². The molecule has 2 heterocycles. The maximum Gasteiger partial charge on any atom is 0.266 e. The molecule has 0 atom stereocenters. The van der Waals surface area contributed by atoms with Gasteiger partial charge in [-0.05, 0) is 53.0 Å². The van der Waals surface area contributed by atoms with Crippen LogP contribution >= 0.6 is 39.9 Å². The molecular formula is C22H27BrN2O6S2. The van der Waals surface area contributed by atoms with E-state index in [2.05, 4.69) is 15.9 Å². The first-order valence-corrected chi connectivity index (χ1v) is 12.6. The predicted octanol–water partition coefficient (Wildman–Crippen LogP) is 3.32.